The lowest BCUT2D eigenvalue weighted by Crippen LogP contribution is -1.96. The molecule has 0 aliphatic heterocycles. The van der Waals surface area contributed by atoms with Crippen LogP contribution >= 0.6 is 11.3 Å². The van der Waals surface area contributed by atoms with Gasteiger partial charge in [0.1, 0.15) is 0 Å². The van der Waals surface area contributed by atoms with Crippen LogP contribution in [0.3, 0.4) is 0 Å². The van der Waals surface area contributed by atoms with E-state index >= 15 is 0 Å². The van der Waals surface area contributed by atoms with Crippen LogP contribution < -0.4 is 0 Å². The van der Waals surface area contributed by atoms with E-state index in [1.54, 1.807) is 17.4 Å². The molecule has 0 fully saturated rings. The number of carboxylic acid groups (broad SMARTS) is 1. The number of hydrogen-bond donors (Lipinski definition) is 2. The smallest absolute Gasteiger partial charge is 0.328 e. The van der Waals surface area contributed by atoms with Crippen LogP contribution in [0.4, 0.5) is 0 Å². The Morgan fingerprint density at radius 1 is 1.03 bits per heavy atom. The summed E-state index contributed by atoms with van der Waals surface area (Å²) in [6.45, 7) is 2.17. The van der Waals surface area contributed by atoms with Crippen molar-refractivity contribution in [3.05, 3.63) is 112 Å². The Morgan fingerprint density at radius 2 is 1.86 bits per heavy atom. The number of aromatic nitrogens is 3. The highest BCUT2D eigenvalue weighted by molar-refractivity contribution is 7.07. The lowest BCUT2D eigenvalue weighted by Gasteiger charge is -2.17. The van der Waals surface area contributed by atoms with Gasteiger partial charge in [0.05, 0.1) is 22.9 Å². The number of hydrogen-bond acceptors (Lipinski definition) is 4. The summed E-state index contributed by atoms with van der Waals surface area (Å²) in [5, 5.41) is 19.3. The number of benzene rings is 3. The third-order valence-corrected chi connectivity index (χ3v) is 6.53. The summed E-state index contributed by atoms with van der Waals surface area (Å²) in [5.41, 5.74) is 11.4. The Bertz CT molecular complexity index is 1540. The summed E-state index contributed by atoms with van der Waals surface area (Å²) in [6, 6.07) is 22.9. The molecule has 0 saturated heterocycles. The zero-order valence-corrected chi connectivity index (χ0v) is 19.9. The Labute approximate surface area is 207 Å². The first-order chi connectivity index (χ1) is 17.1. The number of rotatable bonds is 7. The quantitative estimate of drug-likeness (QED) is 0.193. The van der Waals surface area contributed by atoms with Gasteiger partial charge in [0, 0.05) is 22.4 Å². The molecule has 5 nitrogen and oxygen atoms in total. The highest BCUT2D eigenvalue weighted by Gasteiger charge is 2.15. The van der Waals surface area contributed by atoms with Gasteiger partial charge in [-0.05, 0) is 64.1 Å². The Balaban J connectivity index is 1.69. The molecule has 0 radical (unpaired) electrons. The van der Waals surface area contributed by atoms with E-state index < -0.39 is 5.97 Å². The molecule has 0 atom stereocenters. The second-order valence-corrected chi connectivity index (χ2v) is 8.85. The molecule has 2 heterocycles. The molecule has 2 N–H and O–H groups in total. The minimum absolute atomic E-state index is 0.833. The predicted molar refractivity (Wildman–Crippen MR) is 143 cm³/mol. The van der Waals surface area contributed by atoms with E-state index in [1.807, 2.05) is 23.8 Å². The van der Waals surface area contributed by atoms with Crippen molar-refractivity contribution in [2.75, 3.05) is 0 Å². The van der Waals surface area contributed by atoms with E-state index in [4.69, 9.17) is 5.11 Å². The maximum atomic E-state index is 10.9. The van der Waals surface area contributed by atoms with E-state index in [9.17, 15) is 4.79 Å². The molecule has 6 heteroatoms. The molecule has 2 aromatic heterocycles. The number of aromatic amines is 1. The van der Waals surface area contributed by atoms with Crippen LogP contribution in [0, 0.1) is 0 Å². The summed E-state index contributed by atoms with van der Waals surface area (Å²) >= 11 is 1.59. The van der Waals surface area contributed by atoms with Gasteiger partial charge in [0.2, 0.25) is 0 Å². The highest BCUT2D eigenvalue weighted by atomic mass is 32.1. The van der Waals surface area contributed by atoms with Gasteiger partial charge in [-0.25, -0.2) is 9.78 Å². The molecule has 5 rings (SSSR count). The molecule has 0 aliphatic carbocycles. The van der Waals surface area contributed by atoms with Gasteiger partial charge in [-0.3, -0.25) is 5.10 Å². The fourth-order valence-corrected chi connectivity index (χ4v) is 4.85. The van der Waals surface area contributed by atoms with E-state index in [0.717, 1.165) is 62.5 Å². The standard InChI is InChI=1S/C29H23N3O2S/c1-2-25(21-4-3-5-22(14-21)27-17-35-18-30-27)29(23-11-12-26-24(15-23)16-31-32-26)20-9-6-19(7-10-20)8-13-28(33)34/h3-18H,2H2,1H3,(H,31,32)(H,33,34). The molecule has 0 saturated carbocycles. The van der Waals surface area contributed by atoms with Crippen molar-refractivity contribution in [3.8, 4) is 11.3 Å². The van der Waals surface area contributed by atoms with Crippen molar-refractivity contribution >= 4 is 45.4 Å². The van der Waals surface area contributed by atoms with Crippen molar-refractivity contribution in [3.63, 3.8) is 0 Å². The number of fused-ring (bicyclic) bond motifs is 1. The van der Waals surface area contributed by atoms with Crippen molar-refractivity contribution in [2.24, 2.45) is 0 Å². The fourth-order valence-electron chi connectivity index (χ4n) is 4.29. The number of carbonyl (C=O) groups is 1. The summed E-state index contributed by atoms with van der Waals surface area (Å²) in [5.74, 6) is -0.962. The minimum atomic E-state index is -0.962. The van der Waals surface area contributed by atoms with Crippen LogP contribution in [0.2, 0.25) is 0 Å². The highest BCUT2D eigenvalue weighted by Crippen LogP contribution is 2.36. The van der Waals surface area contributed by atoms with Gasteiger partial charge >= 0.3 is 5.97 Å². The largest absolute Gasteiger partial charge is 0.478 e. The molecule has 172 valence electrons. The number of nitrogens with zero attached hydrogens (tertiary/aromatic N) is 2. The van der Waals surface area contributed by atoms with Gasteiger partial charge in [0.25, 0.3) is 0 Å². The molecule has 0 amide bonds. The zero-order chi connectivity index (χ0) is 24.2. The van der Waals surface area contributed by atoms with E-state index in [0.29, 0.717) is 0 Å². The van der Waals surface area contributed by atoms with E-state index in [-0.39, 0.29) is 0 Å². The Hall–Kier alpha value is -4.29. The summed E-state index contributed by atoms with van der Waals surface area (Å²) in [6.07, 6.45) is 5.43. The van der Waals surface area contributed by atoms with Crippen LogP contribution in [0.25, 0.3) is 39.4 Å². The van der Waals surface area contributed by atoms with E-state index in [1.165, 1.54) is 5.57 Å². The lowest BCUT2D eigenvalue weighted by atomic mass is 9.87. The first-order valence-electron chi connectivity index (χ1n) is 11.3. The summed E-state index contributed by atoms with van der Waals surface area (Å²) in [7, 11) is 0. The van der Waals surface area contributed by atoms with Gasteiger partial charge in [-0.15, -0.1) is 11.3 Å². The average molecular weight is 478 g/mol. The molecule has 0 unspecified atom stereocenters. The number of nitrogens with one attached hydrogen (secondary N) is 1. The number of H-pyrrole nitrogens is 1. The number of allylic oxidation sites excluding steroid dienone is 1. The topological polar surface area (TPSA) is 78.9 Å². The molecule has 0 spiro atoms. The SMILES string of the molecule is CCC(=C(c1ccc(C=CC(=O)O)cc1)c1ccc2[nH]ncc2c1)c1cccc(-c2cscn2)c1. The van der Waals surface area contributed by atoms with Gasteiger partial charge in [-0.2, -0.15) is 5.10 Å². The minimum Gasteiger partial charge on any atom is -0.478 e. The second kappa shape index (κ2) is 9.91. The van der Waals surface area contributed by atoms with Crippen LogP contribution in [0.1, 0.15) is 35.6 Å². The van der Waals surface area contributed by atoms with Gasteiger partial charge in [-0.1, -0.05) is 55.5 Å². The molecule has 35 heavy (non-hydrogen) atoms. The average Bonchev–Trinajstić information content (AvgIpc) is 3.58. The third kappa shape index (κ3) is 4.83. The molecule has 0 bridgehead atoms. The fraction of sp³-hybridized carbons (Fsp3) is 0.0690. The van der Waals surface area contributed by atoms with Crippen LogP contribution in [-0.2, 0) is 4.79 Å². The Kier molecular flexibility index (Phi) is 6.37. The number of thiazole rings is 1. The maximum Gasteiger partial charge on any atom is 0.328 e. The first kappa shape index (κ1) is 22.5. The van der Waals surface area contributed by atoms with Crippen molar-refractivity contribution in [2.45, 2.75) is 13.3 Å². The van der Waals surface area contributed by atoms with E-state index in [2.05, 4.69) is 82.1 Å². The normalized spacial score (nSPS) is 12.3. The van der Waals surface area contributed by atoms with Crippen LogP contribution in [-0.4, -0.2) is 26.3 Å². The lowest BCUT2D eigenvalue weighted by molar-refractivity contribution is -0.131. The van der Waals surface area contributed by atoms with Crippen LogP contribution in [0.15, 0.2) is 89.9 Å². The van der Waals surface area contributed by atoms with Gasteiger partial charge < -0.3 is 5.11 Å². The molecule has 3 aromatic carbocycles. The van der Waals surface area contributed by atoms with Crippen molar-refractivity contribution in [1.82, 2.24) is 15.2 Å². The zero-order valence-electron chi connectivity index (χ0n) is 19.1. The Morgan fingerprint density at radius 3 is 2.60 bits per heavy atom. The van der Waals surface area contributed by atoms with Crippen LogP contribution in [0.5, 0.6) is 0 Å². The second-order valence-electron chi connectivity index (χ2n) is 8.13. The third-order valence-electron chi connectivity index (χ3n) is 5.94. The molecule has 5 aromatic rings. The van der Waals surface area contributed by atoms with Crippen molar-refractivity contribution in [1.29, 1.82) is 0 Å². The molecular weight excluding hydrogens is 454 g/mol. The maximum absolute atomic E-state index is 10.9. The summed E-state index contributed by atoms with van der Waals surface area (Å²) < 4.78 is 0. The molecular formula is C29H23N3O2S. The molecule has 0 aliphatic rings. The first-order valence-corrected chi connectivity index (χ1v) is 12.2. The monoisotopic (exact) mass is 477 g/mol. The summed E-state index contributed by atoms with van der Waals surface area (Å²) in [4.78, 5) is 15.4. The van der Waals surface area contributed by atoms with Crippen molar-refractivity contribution < 1.29 is 9.90 Å². The predicted octanol–water partition coefficient (Wildman–Crippen LogP) is 7.15. The van der Waals surface area contributed by atoms with Gasteiger partial charge in [0.15, 0.2) is 0 Å². The number of aliphatic carboxylic acids is 1. The number of carboxylic acids is 1.